The maximum atomic E-state index is 13.5. The van der Waals surface area contributed by atoms with Gasteiger partial charge in [0.05, 0.1) is 10.8 Å². The number of carbonyl (C=O) groups is 2. The summed E-state index contributed by atoms with van der Waals surface area (Å²) in [5.74, 6) is -2.59. The molecule has 1 atom stereocenters. The molecule has 2 aliphatic heterocycles. The van der Waals surface area contributed by atoms with Gasteiger partial charge in [-0.15, -0.1) is 0 Å². The van der Waals surface area contributed by atoms with E-state index in [9.17, 15) is 26.8 Å². The van der Waals surface area contributed by atoms with Gasteiger partial charge in [0.1, 0.15) is 11.6 Å². The van der Waals surface area contributed by atoms with E-state index in [1.54, 1.807) is 0 Å². The zero-order chi connectivity index (χ0) is 21.5. The monoisotopic (exact) mass is 435 g/mol. The summed E-state index contributed by atoms with van der Waals surface area (Å²) in [7, 11) is -3.87. The number of anilines is 1. The normalized spacial score (nSPS) is 19.9. The molecular weight excluding hydrogens is 416 g/mol. The number of fused-ring (bicyclic) bond motifs is 1. The van der Waals surface area contributed by atoms with E-state index in [2.05, 4.69) is 5.32 Å². The average Bonchev–Trinajstić information content (AvgIpc) is 2.72. The molecule has 1 saturated heterocycles. The number of nitrogens with one attached hydrogen (secondary N) is 1. The molecule has 0 aliphatic carbocycles. The molecule has 4 rings (SSSR count). The van der Waals surface area contributed by atoms with E-state index in [1.165, 1.54) is 45.6 Å². The Labute approximate surface area is 172 Å². The van der Waals surface area contributed by atoms with Crippen LogP contribution in [0.4, 0.5) is 14.5 Å². The van der Waals surface area contributed by atoms with E-state index in [4.69, 9.17) is 0 Å². The predicted molar refractivity (Wildman–Crippen MR) is 104 cm³/mol. The Balaban J connectivity index is 1.48. The molecule has 2 heterocycles. The first-order valence-corrected chi connectivity index (χ1v) is 10.8. The molecule has 2 aromatic carbocycles. The first-order chi connectivity index (χ1) is 14.3. The second kappa shape index (κ2) is 7.77. The van der Waals surface area contributed by atoms with Gasteiger partial charge in [-0.25, -0.2) is 17.2 Å². The number of piperazine rings is 1. The Kier molecular flexibility index (Phi) is 5.29. The molecule has 0 aromatic heterocycles. The van der Waals surface area contributed by atoms with Crippen molar-refractivity contribution < 1.29 is 26.8 Å². The first-order valence-electron chi connectivity index (χ1n) is 9.39. The summed E-state index contributed by atoms with van der Waals surface area (Å²) < 4.78 is 53.6. The number of sulfonamides is 1. The fraction of sp³-hybridized carbons (Fsp3) is 0.300. The Bertz CT molecular complexity index is 1110. The van der Waals surface area contributed by atoms with Crippen LogP contribution in [0.5, 0.6) is 0 Å². The zero-order valence-corrected chi connectivity index (χ0v) is 16.7. The molecule has 0 spiro atoms. The lowest BCUT2D eigenvalue weighted by Crippen LogP contribution is -2.52. The quantitative estimate of drug-likeness (QED) is 0.798. The highest BCUT2D eigenvalue weighted by Crippen LogP contribution is 2.34. The molecule has 1 N–H and O–H groups in total. The SMILES string of the molecule is O=C1C[C@@H](C(=O)N2CCN(S(=O)(=O)c3cccc(F)c3)CC2)c2ccc(F)cc2N1. The van der Waals surface area contributed by atoms with Gasteiger partial charge in [-0.05, 0) is 35.9 Å². The van der Waals surface area contributed by atoms with Crippen LogP contribution in [-0.4, -0.2) is 55.6 Å². The Morgan fingerprint density at radius 2 is 1.70 bits per heavy atom. The largest absolute Gasteiger partial charge is 0.340 e. The second-order valence-electron chi connectivity index (χ2n) is 7.22. The third-order valence-corrected chi connectivity index (χ3v) is 7.23. The summed E-state index contributed by atoms with van der Waals surface area (Å²) in [5.41, 5.74) is 0.813. The summed E-state index contributed by atoms with van der Waals surface area (Å²) in [5, 5.41) is 2.57. The molecule has 0 bridgehead atoms. The van der Waals surface area contributed by atoms with E-state index in [-0.39, 0.29) is 55.0 Å². The van der Waals surface area contributed by atoms with Gasteiger partial charge in [0.25, 0.3) is 0 Å². The molecule has 2 aliphatic rings. The average molecular weight is 435 g/mol. The van der Waals surface area contributed by atoms with Crippen molar-refractivity contribution in [2.24, 2.45) is 0 Å². The standard InChI is InChI=1S/C20H19F2N3O4S/c21-13-2-1-3-15(10-13)30(28,29)25-8-6-24(7-9-25)20(27)17-12-19(26)23-18-11-14(22)4-5-16(17)18/h1-5,10-11,17H,6-9,12H2,(H,23,26)/t17-/m1/s1. The molecule has 0 radical (unpaired) electrons. The van der Waals surface area contributed by atoms with Crippen molar-refractivity contribution in [1.82, 2.24) is 9.21 Å². The third kappa shape index (κ3) is 3.80. The van der Waals surface area contributed by atoms with Crippen molar-refractivity contribution >= 4 is 27.5 Å². The molecule has 7 nitrogen and oxygen atoms in total. The minimum atomic E-state index is -3.87. The lowest BCUT2D eigenvalue weighted by Gasteiger charge is -2.36. The van der Waals surface area contributed by atoms with Crippen LogP contribution in [0, 0.1) is 11.6 Å². The minimum absolute atomic E-state index is 0.0553. The van der Waals surface area contributed by atoms with Crippen LogP contribution in [0.15, 0.2) is 47.4 Å². The number of rotatable bonds is 3. The number of hydrogen-bond acceptors (Lipinski definition) is 4. The van der Waals surface area contributed by atoms with Crippen molar-refractivity contribution in [1.29, 1.82) is 0 Å². The molecule has 2 aromatic rings. The smallest absolute Gasteiger partial charge is 0.243 e. The van der Waals surface area contributed by atoms with Crippen LogP contribution >= 0.6 is 0 Å². The lowest BCUT2D eigenvalue weighted by molar-refractivity contribution is -0.136. The van der Waals surface area contributed by atoms with Gasteiger partial charge in [-0.2, -0.15) is 4.31 Å². The molecule has 158 valence electrons. The van der Waals surface area contributed by atoms with Gasteiger partial charge in [-0.1, -0.05) is 12.1 Å². The van der Waals surface area contributed by atoms with Gasteiger partial charge in [0.15, 0.2) is 0 Å². The highest BCUT2D eigenvalue weighted by molar-refractivity contribution is 7.89. The van der Waals surface area contributed by atoms with Crippen molar-refractivity contribution in [2.75, 3.05) is 31.5 Å². The summed E-state index contributed by atoms with van der Waals surface area (Å²) >= 11 is 0. The summed E-state index contributed by atoms with van der Waals surface area (Å²) in [6, 6.07) is 8.68. The number of carbonyl (C=O) groups excluding carboxylic acids is 2. The van der Waals surface area contributed by atoms with Crippen LogP contribution in [-0.2, 0) is 19.6 Å². The number of nitrogens with zero attached hydrogens (tertiary/aromatic N) is 2. The molecular formula is C20H19F2N3O4S. The van der Waals surface area contributed by atoms with Crippen LogP contribution in [0.2, 0.25) is 0 Å². The van der Waals surface area contributed by atoms with E-state index < -0.39 is 27.6 Å². The zero-order valence-electron chi connectivity index (χ0n) is 15.8. The fourth-order valence-corrected chi connectivity index (χ4v) is 5.26. The van der Waals surface area contributed by atoms with Crippen LogP contribution in [0.3, 0.4) is 0 Å². The van der Waals surface area contributed by atoms with E-state index in [0.29, 0.717) is 5.56 Å². The van der Waals surface area contributed by atoms with Gasteiger partial charge in [0, 0.05) is 38.3 Å². The van der Waals surface area contributed by atoms with Crippen molar-refractivity contribution in [3.8, 4) is 0 Å². The van der Waals surface area contributed by atoms with Crippen LogP contribution in [0.1, 0.15) is 17.9 Å². The van der Waals surface area contributed by atoms with Crippen molar-refractivity contribution in [3.63, 3.8) is 0 Å². The third-order valence-electron chi connectivity index (χ3n) is 5.34. The van der Waals surface area contributed by atoms with Crippen LogP contribution in [0.25, 0.3) is 0 Å². The summed E-state index contributed by atoms with van der Waals surface area (Å²) in [6.45, 7) is 0.392. The van der Waals surface area contributed by atoms with Gasteiger partial charge >= 0.3 is 0 Å². The van der Waals surface area contributed by atoms with Gasteiger partial charge in [0.2, 0.25) is 21.8 Å². The van der Waals surface area contributed by atoms with E-state index in [1.807, 2.05) is 0 Å². The number of halogens is 2. The molecule has 1 fully saturated rings. The number of benzene rings is 2. The summed E-state index contributed by atoms with van der Waals surface area (Å²) in [4.78, 5) is 26.4. The van der Waals surface area contributed by atoms with Crippen molar-refractivity contribution in [2.45, 2.75) is 17.2 Å². The topological polar surface area (TPSA) is 86.8 Å². The maximum absolute atomic E-state index is 13.5. The van der Waals surface area contributed by atoms with E-state index >= 15 is 0 Å². The first kappa shape index (κ1) is 20.4. The fourth-order valence-electron chi connectivity index (χ4n) is 3.80. The Morgan fingerprint density at radius 3 is 2.40 bits per heavy atom. The minimum Gasteiger partial charge on any atom is -0.340 e. The Hall–Kier alpha value is -2.85. The molecule has 10 heteroatoms. The lowest BCUT2D eigenvalue weighted by atomic mass is 9.89. The summed E-state index contributed by atoms with van der Waals surface area (Å²) in [6.07, 6.45) is -0.0563. The van der Waals surface area contributed by atoms with Gasteiger partial charge in [-0.3, -0.25) is 9.59 Å². The second-order valence-corrected chi connectivity index (χ2v) is 9.16. The molecule has 0 unspecified atom stereocenters. The molecule has 2 amide bonds. The predicted octanol–water partition coefficient (Wildman–Crippen LogP) is 1.92. The van der Waals surface area contributed by atoms with Gasteiger partial charge < -0.3 is 10.2 Å². The Morgan fingerprint density at radius 1 is 1.00 bits per heavy atom. The molecule has 30 heavy (non-hydrogen) atoms. The molecule has 0 saturated carbocycles. The number of hydrogen-bond donors (Lipinski definition) is 1. The van der Waals surface area contributed by atoms with E-state index in [0.717, 1.165) is 6.07 Å². The highest BCUT2D eigenvalue weighted by Gasteiger charge is 2.36. The number of amides is 2. The van der Waals surface area contributed by atoms with Crippen molar-refractivity contribution in [3.05, 3.63) is 59.7 Å². The van der Waals surface area contributed by atoms with Crippen LogP contribution < -0.4 is 5.32 Å². The maximum Gasteiger partial charge on any atom is 0.243 e. The highest BCUT2D eigenvalue weighted by atomic mass is 32.2.